The standard InChI is InChI=1S/C20H23FN2O3/c1-14(20(25)22-2)23(13-16-6-10-18(26-3)11-7-16)19(24)12-15-4-8-17(21)9-5-15/h4-11,14H,12-13H2,1-3H3,(H,22,25). The van der Waals surface area contributed by atoms with Gasteiger partial charge < -0.3 is 15.0 Å². The lowest BCUT2D eigenvalue weighted by atomic mass is 10.1. The van der Waals surface area contributed by atoms with E-state index >= 15 is 0 Å². The van der Waals surface area contributed by atoms with Crippen molar-refractivity contribution < 1.29 is 18.7 Å². The van der Waals surface area contributed by atoms with Gasteiger partial charge in [0.05, 0.1) is 13.5 Å². The van der Waals surface area contributed by atoms with Crippen LogP contribution in [0.5, 0.6) is 5.75 Å². The van der Waals surface area contributed by atoms with Gasteiger partial charge in [0.25, 0.3) is 0 Å². The Labute approximate surface area is 152 Å². The van der Waals surface area contributed by atoms with Gasteiger partial charge in [-0.25, -0.2) is 4.39 Å². The summed E-state index contributed by atoms with van der Waals surface area (Å²) in [6, 6.07) is 12.5. The third kappa shape index (κ3) is 5.05. The van der Waals surface area contributed by atoms with Crippen LogP contribution in [0.25, 0.3) is 0 Å². The smallest absolute Gasteiger partial charge is 0.242 e. The molecule has 5 nitrogen and oxygen atoms in total. The van der Waals surface area contributed by atoms with E-state index in [1.54, 1.807) is 26.2 Å². The molecular weight excluding hydrogens is 335 g/mol. The van der Waals surface area contributed by atoms with Crippen molar-refractivity contribution in [3.8, 4) is 5.75 Å². The van der Waals surface area contributed by atoms with E-state index in [4.69, 9.17) is 4.74 Å². The van der Waals surface area contributed by atoms with Crippen molar-refractivity contribution >= 4 is 11.8 Å². The van der Waals surface area contributed by atoms with Gasteiger partial charge >= 0.3 is 0 Å². The summed E-state index contributed by atoms with van der Waals surface area (Å²) in [5.74, 6) is -0.0817. The van der Waals surface area contributed by atoms with Gasteiger partial charge in [-0.1, -0.05) is 24.3 Å². The molecule has 1 N–H and O–H groups in total. The molecular formula is C20H23FN2O3. The first-order valence-electron chi connectivity index (χ1n) is 8.33. The number of likely N-dealkylation sites (N-methyl/N-ethyl adjacent to an activating group) is 1. The van der Waals surface area contributed by atoms with Gasteiger partial charge in [0, 0.05) is 13.6 Å². The minimum Gasteiger partial charge on any atom is -0.497 e. The minimum atomic E-state index is -0.630. The molecule has 0 saturated carbocycles. The summed E-state index contributed by atoms with van der Waals surface area (Å²) in [6.45, 7) is 1.98. The number of hydrogen-bond donors (Lipinski definition) is 1. The highest BCUT2D eigenvalue weighted by atomic mass is 19.1. The van der Waals surface area contributed by atoms with E-state index in [2.05, 4.69) is 5.32 Å². The Bertz CT molecular complexity index is 745. The molecule has 0 bridgehead atoms. The Hall–Kier alpha value is -2.89. The molecule has 0 radical (unpaired) electrons. The first kappa shape index (κ1) is 19.4. The van der Waals surface area contributed by atoms with Gasteiger partial charge in [0.2, 0.25) is 11.8 Å². The van der Waals surface area contributed by atoms with E-state index in [1.807, 2.05) is 24.3 Å². The molecule has 1 atom stereocenters. The molecule has 138 valence electrons. The fraction of sp³-hybridized carbons (Fsp3) is 0.300. The molecule has 0 fully saturated rings. The average Bonchev–Trinajstić information content (AvgIpc) is 2.67. The number of hydrogen-bond acceptors (Lipinski definition) is 3. The summed E-state index contributed by atoms with van der Waals surface area (Å²) in [7, 11) is 3.12. The van der Waals surface area contributed by atoms with Crippen LogP contribution in [-0.4, -0.2) is 36.9 Å². The van der Waals surface area contributed by atoms with Crippen molar-refractivity contribution in [3.05, 3.63) is 65.5 Å². The Morgan fingerprint density at radius 2 is 1.65 bits per heavy atom. The highest BCUT2D eigenvalue weighted by molar-refractivity contribution is 5.88. The monoisotopic (exact) mass is 358 g/mol. The summed E-state index contributed by atoms with van der Waals surface area (Å²) in [4.78, 5) is 26.4. The molecule has 2 amide bonds. The van der Waals surface area contributed by atoms with E-state index < -0.39 is 6.04 Å². The number of benzene rings is 2. The summed E-state index contributed by atoms with van der Waals surface area (Å²) >= 11 is 0. The van der Waals surface area contributed by atoms with E-state index in [1.165, 1.54) is 24.1 Å². The first-order chi connectivity index (χ1) is 12.4. The van der Waals surface area contributed by atoms with Crippen LogP contribution in [-0.2, 0) is 22.6 Å². The number of halogens is 1. The Morgan fingerprint density at radius 1 is 1.08 bits per heavy atom. The predicted molar refractivity (Wildman–Crippen MR) is 97.2 cm³/mol. The topological polar surface area (TPSA) is 58.6 Å². The van der Waals surface area contributed by atoms with Crippen molar-refractivity contribution in [1.29, 1.82) is 0 Å². The fourth-order valence-electron chi connectivity index (χ4n) is 2.60. The molecule has 0 aliphatic carbocycles. The van der Waals surface area contributed by atoms with Crippen LogP contribution in [0.1, 0.15) is 18.1 Å². The zero-order chi connectivity index (χ0) is 19.1. The van der Waals surface area contributed by atoms with Crippen molar-refractivity contribution in [2.24, 2.45) is 0 Å². The summed E-state index contributed by atoms with van der Waals surface area (Å²) < 4.78 is 18.2. The Kier molecular flexibility index (Phi) is 6.72. The van der Waals surface area contributed by atoms with Gasteiger partial charge in [-0.3, -0.25) is 9.59 Å². The molecule has 2 aromatic rings. The normalized spacial score (nSPS) is 11.5. The maximum absolute atomic E-state index is 13.1. The van der Waals surface area contributed by atoms with Crippen LogP contribution in [0.4, 0.5) is 4.39 Å². The molecule has 6 heteroatoms. The van der Waals surface area contributed by atoms with Crippen LogP contribution in [0.15, 0.2) is 48.5 Å². The van der Waals surface area contributed by atoms with E-state index in [0.29, 0.717) is 12.1 Å². The van der Waals surface area contributed by atoms with Crippen molar-refractivity contribution in [1.82, 2.24) is 10.2 Å². The molecule has 0 aromatic heterocycles. The third-order valence-corrected chi connectivity index (χ3v) is 4.19. The molecule has 0 aliphatic heterocycles. The molecule has 0 saturated heterocycles. The van der Waals surface area contributed by atoms with Crippen LogP contribution in [0.3, 0.4) is 0 Å². The van der Waals surface area contributed by atoms with Gasteiger partial charge in [0.1, 0.15) is 17.6 Å². The molecule has 0 heterocycles. The zero-order valence-electron chi connectivity index (χ0n) is 15.2. The van der Waals surface area contributed by atoms with E-state index in [-0.39, 0.29) is 24.1 Å². The Morgan fingerprint density at radius 3 is 2.19 bits per heavy atom. The fourth-order valence-corrected chi connectivity index (χ4v) is 2.60. The molecule has 26 heavy (non-hydrogen) atoms. The van der Waals surface area contributed by atoms with Crippen LogP contribution in [0, 0.1) is 5.82 Å². The lowest BCUT2D eigenvalue weighted by molar-refractivity contribution is -0.139. The number of ether oxygens (including phenoxy) is 1. The lowest BCUT2D eigenvalue weighted by Crippen LogP contribution is -2.47. The second-order valence-electron chi connectivity index (χ2n) is 5.96. The molecule has 2 rings (SSSR count). The summed E-state index contributed by atoms with van der Waals surface area (Å²) in [5.41, 5.74) is 1.58. The average molecular weight is 358 g/mol. The molecule has 0 spiro atoms. The van der Waals surface area contributed by atoms with Gasteiger partial charge in [0.15, 0.2) is 0 Å². The van der Waals surface area contributed by atoms with Crippen LogP contribution >= 0.6 is 0 Å². The molecule has 0 aliphatic rings. The lowest BCUT2D eigenvalue weighted by Gasteiger charge is -2.28. The van der Waals surface area contributed by atoms with Crippen molar-refractivity contribution in [2.45, 2.75) is 25.9 Å². The number of amides is 2. The maximum Gasteiger partial charge on any atom is 0.242 e. The van der Waals surface area contributed by atoms with E-state index in [9.17, 15) is 14.0 Å². The molecule has 2 aromatic carbocycles. The van der Waals surface area contributed by atoms with Gasteiger partial charge in [-0.05, 0) is 42.3 Å². The number of carbonyl (C=O) groups excluding carboxylic acids is 2. The number of methoxy groups -OCH3 is 1. The number of carbonyl (C=O) groups is 2. The first-order valence-corrected chi connectivity index (χ1v) is 8.33. The highest BCUT2D eigenvalue weighted by Gasteiger charge is 2.25. The SMILES string of the molecule is CNC(=O)C(C)N(Cc1ccc(OC)cc1)C(=O)Cc1ccc(F)cc1. The largest absolute Gasteiger partial charge is 0.497 e. The van der Waals surface area contributed by atoms with Crippen molar-refractivity contribution in [3.63, 3.8) is 0 Å². The second kappa shape index (κ2) is 8.99. The number of nitrogens with one attached hydrogen (secondary N) is 1. The Balaban J connectivity index is 2.19. The minimum absolute atomic E-state index is 0.0950. The predicted octanol–water partition coefficient (Wildman–Crippen LogP) is 2.54. The quantitative estimate of drug-likeness (QED) is 0.827. The van der Waals surface area contributed by atoms with Crippen LogP contribution < -0.4 is 10.1 Å². The second-order valence-corrected chi connectivity index (χ2v) is 5.96. The number of rotatable bonds is 7. The maximum atomic E-state index is 13.1. The van der Waals surface area contributed by atoms with Crippen LogP contribution in [0.2, 0.25) is 0 Å². The summed E-state index contributed by atoms with van der Waals surface area (Å²) in [6.07, 6.45) is 0.0950. The number of nitrogens with zero attached hydrogens (tertiary/aromatic N) is 1. The highest BCUT2D eigenvalue weighted by Crippen LogP contribution is 2.16. The van der Waals surface area contributed by atoms with Gasteiger partial charge in [-0.2, -0.15) is 0 Å². The van der Waals surface area contributed by atoms with E-state index in [0.717, 1.165) is 11.3 Å². The third-order valence-electron chi connectivity index (χ3n) is 4.19. The van der Waals surface area contributed by atoms with Crippen molar-refractivity contribution in [2.75, 3.05) is 14.2 Å². The summed E-state index contributed by atoms with van der Waals surface area (Å²) in [5, 5.41) is 2.57. The molecule has 1 unspecified atom stereocenters. The van der Waals surface area contributed by atoms with Gasteiger partial charge in [-0.15, -0.1) is 0 Å². The zero-order valence-corrected chi connectivity index (χ0v) is 15.2.